The molecule has 2 rings (SSSR count). The molecule has 2 aliphatic heterocycles. The first kappa shape index (κ1) is 21.2. The molecule has 2 saturated heterocycles. The van der Waals surface area contributed by atoms with Crippen molar-refractivity contribution in [3.05, 3.63) is 0 Å². The largest absolute Gasteiger partial charge is 0.394 e. The maximum atomic E-state index is 12.0. The van der Waals surface area contributed by atoms with E-state index in [1.54, 1.807) is 0 Å². The van der Waals surface area contributed by atoms with Gasteiger partial charge < -0.3 is 61.0 Å². The van der Waals surface area contributed by atoms with Crippen LogP contribution in [-0.2, 0) is 9.47 Å². The zero-order chi connectivity index (χ0) is 19.6. The van der Waals surface area contributed by atoms with Gasteiger partial charge in [-0.15, -0.1) is 0 Å². The lowest BCUT2D eigenvalue weighted by atomic mass is 9.98. The number of hydrogen-bond acceptors (Lipinski definition) is 11. The lowest BCUT2D eigenvalue weighted by Gasteiger charge is -2.41. The second kappa shape index (κ2) is 8.71. The fourth-order valence-electron chi connectivity index (χ4n) is 2.74. The summed E-state index contributed by atoms with van der Waals surface area (Å²) in [6, 6.07) is -1.06. The number of carbonyl (C=O) groups is 1. The van der Waals surface area contributed by atoms with Crippen molar-refractivity contribution in [3.63, 3.8) is 0 Å². The molecule has 152 valence electrons. The molecule has 0 aromatic carbocycles. The van der Waals surface area contributed by atoms with E-state index in [1.165, 1.54) is 0 Å². The summed E-state index contributed by atoms with van der Waals surface area (Å²) < 4.78 is 10.2. The van der Waals surface area contributed by atoms with E-state index < -0.39 is 80.5 Å². The summed E-state index contributed by atoms with van der Waals surface area (Å²) in [6.07, 6.45) is -15.5. The third-order valence-corrected chi connectivity index (χ3v) is 4.33. The van der Waals surface area contributed by atoms with Gasteiger partial charge in [-0.1, -0.05) is 0 Å². The average molecular weight is 384 g/mol. The molecule has 2 heterocycles. The van der Waals surface area contributed by atoms with Gasteiger partial charge in [0.1, 0.15) is 48.8 Å². The van der Waals surface area contributed by atoms with Gasteiger partial charge >= 0.3 is 6.03 Å². The van der Waals surface area contributed by atoms with Crippen molar-refractivity contribution in [2.24, 2.45) is 0 Å². The van der Waals surface area contributed by atoms with Crippen molar-refractivity contribution in [2.45, 2.75) is 61.3 Å². The molecule has 2 amide bonds. The number of amides is 2. The molecule has 0 radical (unpaired) electrons. The first-order valence-corrected chi connectivity index (χ1v) is 7.89. The molecule has 0 bridgehead atoms. The molecule has 0 aromatic rings. The van der Waals surface area contributed by atoms with Gasteiger partial charge in [-0.25, -0.2) is 4.79 Å². The van der Waals surface area contributed by atoms with Crippen LogP contribution in [0.15, 0.2) is 0 Å². The number of aliphatic hydroxyl groups excluding tert-OH is 8. The van der Waals surface area contributed by atoms with E-state index in [-0.39, 0.29) is 0 Å². The minimum atomic E-state index is -1.71. The van der Waals surface area contributed by atoms with Crippen molar-refractivity contribution >= 4 is 6.03 Å². The minimum Gasteiger partial charge on any atom is -0.394 e. The van der Waals surface area contributed by atoms with E-state index in [0.717, 1.165) is 0 Å². The first-order valence-electron chi connectivity index (χ1n) is 7.89. The number of rotatable bonds is 4. The minimum absolute atomic E-state index is 0.683. The van der Waals surface area contributed by atoms with Crippen LogP contribution in [0.4, 0.5) is 4.79 Å². The molecule has 26 heavy (non-hydrogen) atoms. The number of aliphatic hydroxyl groups is 8. The number of urea groups is 1. The zero-order valence-electron chi connectivity index (χ0n) is 13.5. The highest BCUT2D eigenvalue weighted by atomic mass is 16.6. The molecule has 0 aliphatic carbocycles. The van der Waals surface area contributed by atoms with Crippen LogP contribution in [0, 0.1) is 0 Å². The van der Waals surface area contributed by atoms with E-state index >= 15 is 0 Å². The summed E-state index contributed by atoms with van der Waals surface area (Å²) >= 11 is 0. The predicted molar refractivity (Wildman–Crippen MR) is 79.2 cm³/mol. The fraction of sp³-hybridized carbons (Fsp3) is 0.923. The molecule has 0 spiro atoms. The van der Waals surface area contributed by atoms with Crippen LogP contribution in [-0.4, -0.2) is 121 Å². The van der Waals surface area contributed by atoms with Crippen LogP contribution in [0.2, 0.25) is 0 Å². The Balaban J connectivity index is 1.97. The summed E-state index contributed by atoms with van der Waals surface area (Å²) in [5.74, 6) is 0. The van der Waals surface area contributed by atoms with Crippen LogP contribution in [0.5, 0.6) is 0 Å². The standard InChI is InChI=1S/C13H24N2O11/c16-1-3-5(18)7(20)9(22)11(25-3)14-13(24)15-12-10(23)8(21)6(19)4(2-17)26-12/h3-12,16-23H,1-2H2,(H2,14,15,24)/t3-,4-,5-,6-,7+,8+,9+,10+,11-,12-/m0/s1. The van der Waals surface area contributed by atoms with Crippen LogP contribution < -0.4 is 10.6 Å². The number of carbonyl (C=O) groups excluding carboxylic acids is 1. The van der Waals surface area contributed by atoms with E-state index in [9.17, 15) is 35.4 Å². The summed E-state index contributed by atoms with van der Waals surface area (Å²) in [5, 5.41) is 80.7. The van der Waals surface area contributed by atoms with E-state index in [1.807, 2.05) is 0 Å². The highest BCUT2D eigenvalue weighted by Gasteiger charge is 2.46. The van der Waals surface area contributed by atoms with Crippen molar-refractivity contribution in [2.75, 3.05) is 13.2 Å². The lowest BCUT2D eigenvalue weighted by molar-refractivity contribution is -0.237. The fourth-order valence-corrected chi connectivity index (χ4v) is 2.74. The highest BCUT2D eigenvalue weighted by Crippen LogP contribution is 2.21. The molecule has 13 heteroatoms. The quantitative estimate of drug-likeness (QED) is 0.220. The molecule has 0 unspecified atom stereocenters. The molecule has 2 aliphatic rings. The normalized spacial score (nSPS) is 46.6. The van der Waals surface area contributed by atoms with E-state index in [0.29, 0.717) is 0 Å². The van der Waals surface area contributed by atoms with Crippen LogP contribution in [0.3, 0.4) is 0 Å². The Kier molecular flexibility index (Phi) is 7.09. The van der Waals surface area contributed by atoms with Gasteiger partial charge in [0.25, 0.3) is 0 Å². The molecular formula is C13H24N2O11. The summed E-state index contributed by atoms with van der Waals surface area (Å²) in [4.78, 5) is 12.0. The second-order valence-corrected chi connectivity index (χ2v) is 6.12. The molecule has 10 N–H and O–H groups in total. The topological polar surface area (TPSA) is 221 Å². The second-order valence-electron chi connectivity index (χ2n) is 6.12. The predicted octanol–water partition coefficient (Wildman–Crippen LogP) is -6.11. The van der Waals surface area contributed by atoms with Crippen molar-refractivity contribution in [1.82, 2.24) is 10.6 Å². The zero-order valence-corrected chi connectivity index (χ0v) is 13.5. The molecule has 0 aromatic heterocycles. The molecule has 2 fully saturated rings. The number of ether oxygens (including phenoxy) is 2. The van der Waals surface area contributed by atoms with Crippen molar-refractivity contribution < 1.29 is 55.1 Å². The molecular weight excluding hydrogens is 360 g/mol. The van der Waals surface area contributed by atoms with Gasteiger partial charge in [-0.2, -0.15) is 0 Å². The Morgan fingerprint density at radius 2 is 1.00 bits per heavy atom. The van der Waals surface area contributed by atoms with Crippen LogP contribution in [0.1, 0.15) is 0 Å². The van der Waals surface area contributed by atoms with Crippen molar-refractivity contribution in [1.29, 1.82) is 0 Å². The summed E-state index contributed by atoms with van der Waals surface area (Å²) in [6.45, 7) is -1.37. The molecule has 10 atom stereocenters. The van der Waals surface area contributed by atoms with E-state index in [4.69, 9.17) is 19.7 Å². The maximum Gasteiger partial charge on any atom is 0.318 e. The Morgan fingerprint density at radius 3 is 1.31 bits per heavy atom. The smallest absolute Gasteiger partial charge is 0.318 e. The van der Waals surface area contributed by atoms with E-state index in [2.05, 4.69) is 10.6 Å². The van der Waals surface area contributed by atoms with Gasteiger partial charge in [0.2, 0.25) is 0 Å². The van der Waals surface area contributed by atoms with Crippen molar-refractivity contribution in [3.8, 4) is 0 Å². The van der Waals surface area contributed by atoms with Crippen LogP contribution in [0.25, 0.3) is 0 Å². The van der Waals surface area contributed by atoms with Gasteiger partial charge in [-0.3, -0.25) is 0 Å². The third-order valence-electron chi connectivity index (χ3n) is 4.33. The Morgan fingerprint density at radius 1 is 0.654 bits per heavy atom. The summed E-state index contributed by atoms with van der Waals surface area (Å²) in [5.41, 5.74) is 0. The summed E-state index contributed by atoms with van der Waals surface area (Å²) in [7, 11) is 0. The molecule has 0 saturated carbocycles. The van der Waals surface area contributed by atoms with Gasteiger partial charge in [-0.05, 0) is 0 Å². The van der Waals surface area contributed by atoms with Gasteiger partial charge in [0.15, 0.2) is 12.5 Å². The Labute approximate surface area is 147 Å². The maximum absolute atomic E-state index is 12.0. The third kappa shape index (κ3) is 4.23. The van der Waals surface area contributed by atoms with Gasteiger partial charge in [0.05, 0.1) is 13.2 Å². The molecule has 13 nitrogen and oxygen atoms in total. The SMILES string of the molecule is O=C(N[C@H]1O[C@@H](CO)[C@H](O)[C@@H](O)[C@H]1O)N[C@H]1O[C@@H](CO)[C@H](O)[C@@H](O)[C@H]1O. The monoisotopic (exact) mass is 384 g/mol. The van der Waals surface area contributed by atoms with Crippen LogP contribution >= 0.6 is 0 Å². The first-order chi connectivity index (χ1) is 12.2. The Bertz CT molecular complexity index is 439. The van der Waals surface area contributed by atoms with Gasteiger partial charge in [0, 0.05) is 0 Å². The Hall–Kier alpha value is -1.13. The average Bonchev–Trinajstić information content (AvgIpc) is 2.62. The lowest BCUT2D eigenvalue weighted by Crippen LogP contribution is -2.67. The highest BCUT2D eigenvalue weighted by molar-refractivity contribution is 5.74. The number of hydrogen-bond donors (Lipinski definition) is 10. The number of nitrogens with one attached hydrogen (secondary N) is 2.